The van der Waals surface area contributed by atoms with Gasteiger partial charge in [0.05, 0.1) is 6.42 Å². The molecule has 0 unspecified atom stereocenters. The molecule has 0 radical (unpaired) electrons. The van der Waals surface area contributed by atoms with E-state index in [2.05, 4.69) is 51.7 Å². The minimum Gasteiger partial charge on any atom is -0.481 e. The average molecular weight is 326 g/mol. The van der Waals surface area contributed by atoms with Crippen molar-refractivity contribution in [1.29, 1.82) is 0 Å². The highest BCUT2D eigenvalue weighted by Gasteiger charge is 2.18. The molecule has 130 valence electrons. The zero-order valence-corrected chi connectivity index (χ0v) is 15.5. The molecule has 0 amide bonds. The fraction of sp³-hybridized carbons (Fsp3) is 0.591. The van der Waals surface area contributed by atoms with Crippen molar-refractivity contribution in [2.75, 3.05) is 0 Å². The summed E-state index contributed by atoms with van der Waals surface area (Å²) in [5.74, 6) is 7.22. The van der Waals surface area contributed by atoms with Gasteiger partial charge in [0.1, 0.15) is 0 Å². The van der Waals surface area contributed by atoms with Gasteiger partial charge in [-0.3, -0.25) is 4.79 Å². The summed E-state index contributed by atoms with van der Waals surface area (Å²) in [4.78, 5) is 11.3. The standard InChI is InChI=1S/C22H30O2/c1-15(2)19-12-18(11-10-17-8-6-5-7-9-17)13-20(16(3)4)21(19)14-22(23)24/h12-13,15-17H,5-9,14H2,1-4H3,(H,23,24). The van der Waals surface area contributed by atoms with Crippen LogP contribution in [0.4, 0.5) is 0 Å². The van der Waals surface area contributed by atoms with Gasteiger partial charge >= 0.3 is 5.97 Å². The predicted molar refractivity (Wildman–Crippen MR) is 99.4 cm³/mol. The Hall–Kier alpha value is -1.75. The molecule has 0 bridgehead atoms. The number of hydrogen-bond acceptors (Lipinski definition) is 1. The van der Waals surface area contributed by atoms with E-state index < -0.39 is 5.97 Å². The van der Waals surface area contributed by atoms with Crippen LogP contribution in [-0.4, -0.2) is 11.1 Å². The second kappa shape index (κ2) is 8.38. The van der Waals surface area contributed by atoms with Crippen LogP contribution in [0.3, 0.4) is 0 Å². The maximum atomic E-state index is 11.3. The maximum absolute atomic E-state index is 11.3. The highest BCUT2D eigenvalue weighted by atomic mass is 16.4. The first-order valence-corrected chi connectivity index (χ1v) is 9.28. The van der Waals surface area contributed by atoms with Crippen LogP contribution in [0.5, 0.6) is 0 Å². The molecule has 1 aromatic rings. The predicted octanol–water partition coefficient (Wildman–Crippen LogP) is 5.49. The molecule has 1 fully saturated rings. The first-order chi connectivity index (χ1) is 11.4. The highest BCUT2D eigenvalue weighted by molar-refractivity contribution is 5.72. The van der Waals surface area contributed by atoms with Gasteiger partial charge in [-0.15, -0.1) is 0 Å². The third kappa shape index (κ3) is 4.87. The SMILES string of the molecule is CC(C)c1cc(C#CC2CCCCC2)cc(C(C)C)c1CC(=O)O. The van der Waals surface area contributed by atoms with Gasteiger partial charge in [0.15, 0.2) is 0 Å². The minimum atomic E-state index is -0.764. The number of rotatable bonds is 4. The lowest BCUT2D eigenvalue weighted by Crippen LogP contribution is -2.10. The quantitative estimate of drug-likeness (QED) is 0.743. The second-order valence-corrected chi connectivity index (χ2v) is 7.62. The summed E-state index contributed by atoms with van der Waals surface area (Å²) in [7, 11) is 0. The van der Waals surface area contributed by atoms with Crippen LogP contribution in [0.25, 0.3) is 0 Å². The number of carbonyl (C=O) groups is 1. The molecule has 1 saturated carbocycles. The molecule has 2 nitrogen and oxygen atoms in total. The minimum absolute atomic E-state index is 0.0946. The van der Waals surface area contributed by atoms with Gasteiger partial charge in [-0.2, -0.15) is 0 Å². The largest absolute Gasteiger partial charge is 0.481 e. The zero-order valence-electron chi connectivity index (χ0n) is 15.5. The summed E-state index contributed by atoms with van der Waals surface area (Å²) in [6.45, 7) is 8.51. The second-order valence-electron chi connectivity index (χ2n) is 7.62. The summed E-state index contributed by atoms with van der Waals surface area (Å²) in [5.41, 5.74) is 4.30. The smallest absolute Gasteiger partial charge is 0.307 e. The van der Waals surface area contributed by atoms with Crippen LogP contribution >= 0.6 is 0 Å². The van der Waals surface area contributed by atoms with E-state index in [1.54, 1.807) is 0 Å². The summed E-state index contributed by atoms with van der Waals surface area (Å²) in [5, 5.41) is 9.29. The van der Waals surface area contributed by atoms with E-state index >= 15 is 0 Å². The number of hydrogen-bond donors (Lipinski definition) is 1. The van der Waals surface area contributed by atoms with E-state index in [0.29, 0.717) is 17.8 Å². The van der Waals surface area contributed by atoms with E-state index in [1.165, 1.54) is 32.1 Å². The maximum Gasteiger partial charge on any atom is 0.307 e. The Morgan fingerprint density at radius 3 is 2.08 bits per heavy atom. The Morgan fingerprint density at radius 1 is 1.08 bits per heavy atom. The van der Waals surface area contributed by atoms with Gasteiger partial charge in [0, 0.05) is 11.5 Å². The Kier molecular flexibility index (Phi) is 6.49. The summed E-state index contributed by atoms with van der Waals surface area (Å²) >= 11 is 0. The molecule has 1 aromatic carbocycles. The van der Waals surface area contributed by atoms with Crippen molar-refractivity contribution < 1.29 is 9.90 Å². The molecule has 0 aliphatic heterocycles. The van der Waals surface area contributed by atoms with Gasteiger partial charge in [0.25, 0.3) is 0 Å². The fourth-order valence-corrected chi connectivity index (χ4v) is 3.61. The van der Waals surface area contributed by atoms with Gasteiger partial charge in [-0.05, 0) is 53.5 Å². The van der Waals surface area contributed by atoms with Crippen LogP contribution in [0, 0.1) is 17.8 Å². The molecule has 0 heterocycles. The Bertz CT molecular complexity index is 609. The Morgan fingerprint density at radius 2 is 1.62 bits per heavy atom. The van der Waals surface area contributed by atoms with Crippen LogP contribution in [-0.2, 0) is 11.2 Å². The molecule has 0 spiro atoms. The molecule has 24 heavy (non-hydrogen) atoms. The van der Waals surface area contributed by atoms with Crippen LogP contribution in [0.15, 0.2) is 12.1 Å². The van der Waals surface area contributed by atoms with E-state index in [4.69, 9.17) is 0 Å². The van der Waals surface area contributed by atoms with Crippen molar-refractivity contribution >= 4 is 5.97 Å². The van der Waals surface area contributed by atoms with Gasteiger partial charge < -0.3 is 5.11 Å². The monoisotopic (exact) mass is 326 g/mol. The van der Waals surface area contributed by atoms with Crippen molar-refractivity contribution in [3.8, 4) is 11.8 Å². The lowest BCUT2D eigenvalue weighted by Gasteiger charge is -2.20. The van der Waals surface area contributed by atoms with Gasteiger partial charge in [0.2, 0.25) is 0 Å². The van der Waals surface area contributed by atoms with E-state index in [9.17, 15) is 9.90 Å². The zero-order chi connectivity index (χ0) is 17.7. The molecule has 1 aliphatic carbocycles. The van der Waals surface area contributed by atoms with E-state index in [1.807, 2.05) is 0 Å². The number of aliphatic carboxylic acids is 1. The van der Waals surface area contributed by atoms with E-state index in [0.717, 1.165) is 22.3 Å². The molecule has 0 saturated heterocycles. The summed E-state index contributed by atoms with van der Waals surface area (Å²) in [6.07, 6.45) is 6.47. The molecule has 2 heteroatoms. The summed E-state index contributed by atoms with van der Waals surface area (Å²) < 4.78 is 0. The van der Waals surface area contributed by atoms with Gasteiger partial charge in [-0.25, -0.2) is 0 Å². The van der Waals surface area contributed by atoms with Crippen molar-refractivity contribution in [3.63, 3.8) is 0 Å². The topological polar surface area (TPSA) is 37.3 Å². The first-order valence-electron chi connectivity index (χ1n) is 9.28. The third-order valence-electron chi connectivity index (χ3n) is 4.92. The Labute approximate surface area is 146 Å². The third-order valence-corrected chi connectivity index (χ3v) is 4.92. The fourth-order valence-electron chi connectivity index (χ4n) is 3.61. The molecule has 0 aromatic heterocycles. The molecule has 1 N–H and O–H groups in total. The van der Waals surface area contributed by atoms with Crippen molar-refractivity contribution in [2.45, 2.75) is 78.1 Å². The number of carboxylic acids is 1. The van der Waals surface area contributed by atoms with Gasteiger partial charge in [-0.1, -0.05) is 58.8 Å². The average Bonchev–Trinajstić information content (AvgIpc) is 2.53. The molecule has 1 aliphatic rings. The van der Waals surface area contributed by atoms with Crippen molar-refractivity contribution in [3.05, 3.63) is 34.4 Å². The number of carboxylic acid groups (broad SMARTS) is 1. The highest BCUT2D eigenvalue weighted by Crippen LogP contribution is 2.30. The lowest BCUT2D eigenvalue weighted by atomic mass is 9.85. The van der Waals surface area contributed by atoms with Crippen molar-refractivity contribution in [2.24, 2.45) is 5.92 Å². The van der Waals surface area contributed by atoms with E-state index in [-0.39, 0.29) is 6.42 Å². The molecular weight excluding hydrogens is 296 g/mol. The molecule has 2 rings (SSSR count). The summed E-state index contributed by atoms with van der Waals surface area (Å²) in [6, 6.07) is 4.23. The Balaban J connectivity index is 2.42. The normalized spacial score (nSPS) is 15.4. The van der Waals surface area contributed by atoms with Crippen LogP contribution in [0.1, 0.15) is 93.9 Å². The lowest BCUT2D eigenvalue weighted by molar-refractivity contribution is -0.136. The first kappa shape index (κ1) is 18.6. The molecule has 0 atom stereocenters. The van der Waals surface area contributed by atoms with Crippen LogP contribution in [0.2, 0.25) is 0 Å². The number of benzene rings is 1. The molecular formula is C22H30O2. The van der Waals surface area contributed by atoms with Crippen LogP contribution < -0.4 is 0 Å². The van der Waals surface area contributed by atoms with Crippen molar-refractivity contribution in [1.82, 2.24) is 0 Å².